The summed E-state index contributed by atoms with van der Waals surface area (Å²) in [6.07, 6.45) is 0. The van der Waals surface area contributed by atoms with Crippen LogP contribution in [-0.2, 0) is 5.41 Å². The Morgan fingerprint density at radius 1 is 0.731 bits per heavy atom. The average Bonchev–Trinajstić information content (AvgIpc) is 2.62. The molecule has 134 valence electrons. The predicted octanol–water partition coefficient (Wildman–Crippen LogP) is 6.29. The summed E-state index contributed by atoms with van der Waals surface area (Å²) in [5.74, 6) is -0.0626. The van der Waals surface area contributed by atoms with Crippen molar-refractivity contribution >= 4 is 23.1 Å². The van der Waals surface area contributed by atoms with Crippen LogP contribution in [0.3, 0.4) is 0 Å². The van der Waals surface area contributed by atoms with Crippen molar-refractivity contribution in [2.75, 3.05) is 5.32 Å². The maximum Gasteiger partial charge on any atom is 0.161 e. The average molecular weight is 365 g/mol. The summed E-state index contributed by atoms with van der Waals surface area (Å²) in [5, 5.41) is 22.1. The van der Waals surface area contributed by atoms with Gasteiger partial charge in [0.1, 0.15) is 0 Å². The Labute approximate surface area is 158 Å². The normalized spacial score (nSPS) is 12.1. The first-order valence-corrected chi connectivity index (χ1v) is 9.32. The Kier molecular flexibility index (Phi) is 5.14. The molecule has 3 nitrogen and oxygen atoms in total. The van der Waals surface area contributed by atoms with E-state index in [2.05, 4.69) is 53.8 Å². The maximum absolute atomic E-state index is 9.48. The van der Waals surface area contributed by atoms with Crippen LogP contribution in [0, 0.1) is 0 Å². The summed E-state index contributed by atoms with van der Waals surface area (Å²) >= 11 is 1.82. The molecule has 0 fully saturated rings. The number of benzene rings is 3. The van der Waals surface area contributed by atoms with Crippen LogP contribution in [0.1, 0.15) is 26.3 Å². The SMILES string of the molecule is CC(C)(C)c1cccc(O)c1O.c1ccc2c(c1)Nc1ccccc1S2. The first-order valence-electron chi connectivity index (χ1n) is 8.50. The molecule has 3 aromatic rings. The largest absolute Gasteiger partial charge is 0.504 e. The highest BCUT2D eigenvalue weighted by atomic mass is 32.2. The fraction of sp³-hybridized carbons (Fsp3) is 0.182. The van der Waals surface area contributed by atoms with E-state index in [1.54, 1.807) is 6.07 Å². The molecule has 0 radical (unpaired) electrons. The van der Waals surface area contributed by atoms with Crippen molar-refractivity contribution in [3.63, 3.8) is 0 Å². The van der Waals surface area contributed by atoms with Gasteiger partial charge in [-0.3, -0.25) is 0 Å². The third kappa shape index (κ3) is 3.97. The molecule has 0 aliphatic carbocycles. The van der Waals surface area contributed by atoms with Crippen LogP contribution >= 0.6 is 11.8 Å². The second kappa shape index (κ2) is 7.34. The summed E-state index contributed by atoms with van der Waals surface area (Å²) in [4.78, 5) is 2.59. The highest BCUT2D eigenvalue weighted by Gasteiger charge is 2.19. The summed E-state index contributed by atoms with van der Waals surface area (Å²) in [6, 6.07) is 21.8. The van der Waals surface area contributed by atoms with Crippen LogP contribution in [0.25, 0.3) is 0 Å². The maximum atomic E-state index is 9.48. The van der Waals surface area contributed by atoms with Crippen molar-refractivity contribution in [1.82, 2.24) is 0 Å². The monoisotopic (exact) mass is 365 g/mol. The molecule has 0 saturated carbocycles. The Morgan fingerprint density at radius 3 is 1.77 bits per heavy atom. The zero-order valence-corrected chi connectivity index (χ0v) is 16.0. The van der Waals surface area contributed by atoms with Gasteiger partial charge in [0.15, 0.2) is 11.5 Å². The molecular weight excluding hydrogens is 342 g/mol. The molecule has 4 rings (SSSR count). The number of phenolic OH excluding ortho intramolecular Hbond substituents is 2. The number of hydrogen-bond acceptors (Lipinski definition) is 4. The highest BCUT2D eigenvalue weighted by Crippen LogP contribution is 2.43. The van der Waals surface area contributed by atoms with Crippen molar-refractivity contribution in [2.24, 2.45) is 0 Å². The van der Waals surface area contributed by atoms with Gasteiger partial charge < -0.3 is 15.5 Å². The van der Waals surface area contributed by atoms with E-state index in [1.807, 2.05) is 38.6 Å². The second-order valence-corrected chi connectivity index (χ2v) is 8.23. The van der Waals surface area contributed by atoms with Crippen LogP contribution in [0.5, 0.6) is 11.5 Å². The van der Waals surface area contributed by atoms with E-state index in [4.69, 9.17) is 0 Å². The summed E-state index contributed by atoms with van der Waals surface area (Å²) in [6.45, 7) is 5.96. The number of rotatable bonds is 0. The van der Waals surface area contributed by atoms with Crippen LogP contribution in [0.4, 0.5) is 11.4 Å². The van der Waals surface area contributed by atoms with Crippen LogP contribution in [0.2, 0.25) is 0 Å². The van der Waals surface area contributed by atoms with Crippen molar-refractivity contribution < 1.29 is 10.2 Å². The van der Waals surface area contributed by atoms with Gasteiger partial charge in [0.25, 0.3) is 0 Å². The molecule has 1 heterocycles. The number of phenols is 2. The van der Waals surface area contributed by atoms with Crippen molar-refractivity contribution in [3.05, 3.63) is 72.3 Å². The molecule has 0 bridgehead atoms. The zero-order valence-electron chi connectivity index (χ0n) is 15.2. The van der Waals surface area contributed by atoms with E-state index in [1.165, 1.54) is 27.2 Å². The van der Waals surface area contributed by atoms with Gasteiger partial charge in [-0.25, -0.2) is 0 Å². The van der Waals surface area contributed by atoms with Gasteiger partial charge >= 0.3 is 0 Å². The molecule has 26 heavy (non-hydrogen) atoms. The van der Waals surface area contributed by atoms with Gasteiger partial charge in [-0.15, -0.1) is 0 Å². The van der Waals surface area contributed by atoms with E-state index in [9.17, 15) is 10.2 Å². The first kappa shape index (κ1) is 18.2. The molecule has 1 aliphatic heterocycles. The van der Waals surface area contributed by atoms with Crippen molar-refractivity contribution in [2.45, 2.75) is 36.0 Å². The zero-order chi connectivity index (χ0) is 18.7. The van der Waals surface area contributed by atoms with Crippen LogP contribution in [-0.4, -0.2) is 10.2 Å². The third-order valence-electron chi connectivity index (χ3n) is 4.09. The Bertz CT molecular complexity index is 829. The minimum absolute atomic E-state index is 0.00926. The number of hydrogen-bond donors (Lipinski definition) is 3. The Morgan fingerprint density at radius 2 is 1.27 bits per heavy atom. The summed E-state index contributed by atoms with van der Waals surface area (Å²) < 4.78 is 0. The quantitative estimate of drug-likeness (QED) is 0.321. The number of para-hydroxylation sites is 3. The molecule has 0 aromatic heterocycles. The van der Waals surface area contributed by atoms with Crippen LogP contribution in [0.15, 0.2) is 76.5 Å². The highest BCUT2D eigenvalue weighted by molar-refractivity contribution is 7.99. The molecule has 0 unspecified atom stereocenters. The standard InChI is InChI=1S/C12H9NS.C10H14O2/c1-3-7-11-9(5-1)13-10-6-2-4-8-12(10)14-11;1-10(2,3)7-5-4-6-8(11)9(7)12/h1-8,13H;4-6,11-12H,1-3H3. The van der Waals surface area contributed by atoms with Gasteiger partial charge in [0, 0.05) is 15.4 Å². The smallest absolute Gasteiger partial charge is 0.161 e. The predicted molar refractivity (Wildman–Crippen MR) is 109 cm³/mol. The first-order chi connectivity index (χ1) is 12.4. The van der Waals surface area contributed by atoms with Gasteiger partial charge in [-0.05, 0) is 35.7 Å². The second-order valence-electron chi connectivity index (χ2n) is 7.14. The van der Waals surface area contributed by atoms with E-state index in [0.29, 0.717) is 0 Å². The summed E-state index contributed by atoms with van der Waals surface area (Å²) in [7, 11) is 0. The third-order valence-corrected chi connectivity index (χ3v) is 5.24. The van der Waals surface area contributed by atoms with Crippen molar-refractivity contribution in [1.29, 1.82) is 0 Å². The lowest BCUT2D eigenvalue weighted by Crippen LogP contribution is -2.10. The lowest BCUT2D eigenvalue weighted by molar-refractivity contribution is 0.389. The van der Waals surface area contributed by atoms with E-state index < -0.39 is 0 Å². The molecule has 0 atom stereocenters. The van der Waals surface area contributed by atoms with E-state index in [-0.39, 0.29) is 16.9 Å². The van der Waals surface area contributed by atoms with Crippen LogP contribution < -0.4 is 5.32 Å². The fourth-order valence-corrected chi connectivity index (χ4v) is 3.71. The van der Waals surface area contributed by atoms with Gasteiger partial charge in [-0.1, -0.05) is 68.9 Å². The van der Waals surface area contributed by atoms with E-state index in [0.717, 1.165) is 5.56 Å². The molecular formula is C22H23NO2S. The number of fused-ring (bicyclic) bond motifs is 2. The summed E-state index contributed by atoms with van der Waals surface area (Å²) in [5.41, 5.74) is 3.04. The molecule has 1 aliphatic rings. The Hall–Kier alpha value is -2.59. The molecule has 0 amide bonds. The lowest BCUT2D eigenvalue weighted by atomic mass is 9.86. The number of aromatic hydroxyl groups is 2. The fourth-order valence-electron chi connectivity index (χ4n) is 2.72. The van der Waals surface area contributed by atoms with E-state index >= 15 is 0 Å². The molecule has 3 aromatic carbocycles. The Balaban J connectivity index is 0.000000153. The molecule has 0 spiro atoms. The lowest BCUT2D eigenvalue weighted by Gasteiger charge is -2.20. The number of nitrogens with one attached hydrogen (secondary N) is 1. The van der Waals surface area contributed by atoms with Gasteiger partial charge in [0.05, 0.1) is 11.4 Å². The number of anilines is 2. The van der Waals surface area contributed by atoms with Gasteiger partial charge in [-0.2, -0.15) is 0 Å². The molecule has 3 N–H and O–H groups in total. The minimum atomic E-state index is -0.136. The molecule has 4 heteroatoms. The minimum Gasteiger partial charge on any atom is -0.504 e. The topological polar surface area (TPSA) is 52.5 Å². The van der Waals surface area contributed by atoms with Crippen molar-refractivity contribution in [3.8, 4) is 11.5 Å². The van der Waals surface area contributed by atoms with Gasteiger partial charge in [0.2, 0.25) is 0 Å². The molecule has 0 saturated heterocycles.